The van der Waals surface area contributed by atoms with Gasteiger partial charge in [0.15, 0.2) is 0 Å². The number of hydrogen-bond donors (Lipinski definition) is 0. The molecule has 0 N–H and O–H groups in total. The minimum absolute atomic E-state index is 0.0753. The number of rotatable bonds is 2. The van der Waals surface area contributed by atoms with Crippen molar-refractivity contribution in [2.24, 2.45) is 0 Å². The number of esters is 1. The van der Waals surface area contributed by atoms with E-state index in [-0.39, 0.29) is 11.0 Å². The number of carbonyl (C=O) groups excluding carboxylic acids is 1. The van der Waals surface area contributed by atoms with Crippen LogP contribution in [0.2, 0.25) is 4.34 Å². The molecule has 1 aliphatic rings. The summed E-state index contributed by atoms with van der Waals surface area (Å²) in [4.78, 5) is 24.6. The topological polar surface area (TPSA) is 48.3 Å². The van der Waals surface area contributed by atoms with Gasteiger partial charge in [-0.2, -0.15) is 0 Å². The summed E-state index contributed by atoms with van der Waals surface area (Å²) in [6.45, 7) is 0. The van der Waals surface area contributed by atoms with Crippen LogP contribution in [0.3, 0.4) is 0 Å². The van der Waals surface area contributed by atoms with Crippen LogP contribution in [0.1, 0.15) is 29.2 Å². The molecule has 1 aliphatic carbocycles. The molecule has 2 aromatic rings. The van der Waals surface area contributed by atoms with Gasteiger partial charge in [-0.25, -0.2) is 4.79 Å². The number of hydrogen-bond acceptors (Lipinski definition) is 4. The van der Waals surface area contributed by atoms with E-state index in [1.165, 1.54) is 18.4 Å². The molecule has 1 saturated carbocycles. The molecule has 2 aromatic heterocycles. The lowest BCUT2D eigenvalue weighted by atomic mass is 10.2. The van der Waals surface area contributed by atoms with Gasteiger partial charge in [-0.1, -0.05) is 11.6 Å². The highest BCUT2D eigenvalue weighted by Crippen LogP contribution is 2.39. The van der Waals surface area contributed by atoms with Crippen molar-refractivity contribution in [1.82, 2.24) is 4.57 Å². The second-order valence-electron chi connectivity index (χ2n) is 4.27. The number of halogens is 1. The quantitative estimate of drug-likeness (QED) is 0.796. The largest absolute Gasteiger partial charge is 0.465 e. The van der Waals surface area contributed by atoms with Gasteiger partial charge in [0.2, 0.25) is 5.43 Å². The Hall–Kier alpha value is -1.33. The van der Waals surface area contributed by atoms with Gasteiger partial charge in [0.1, 0.15) is 10.4 Å². The van der Waals surface area contributed by atoms with Gasteiger partial charge >= 0.3 is 5.97 Å². The van der Waals surface area contributed by atoms with Crippen LogP contribution in [0.25, 0.3) is 10.2 Å². The molecule has 0 amide bonds. The Labute approximate surface area is 112 Å². The summed E-state index contributed by atoms with van der Waals surface area (Å²) in [6.07, 6.45) is 3.73. The lowest BCUT2D eigenvalue weighted by molar-refractivity contribution is 0.0598. The number of pyridine rings is 1. The number of thiophene rings is 1. The standard InChI is InChI=1S/C12H10ClNO3S/c1-17-12(16)8-5-14(6-2-3-6)11-7(10(8)15)4-9(13)18-11/h4-6H,2-3H2,1H3. The highest BCUT2D eigenvalue weighted by atomic mass is 35.5. The average molecular weight is 284 g/mol. The number of nitrogens with zero attached hydrogens (tertiary/aromatic N) is 1. The normalized spacial score (nSPS) is 15.0. The molecule has 0 atom stereocenters. The minimum atomic E-state index is -0.598. The summed E-state index contributed by atoms with van der Waals surface area (Å²) >= 11 is 7.33. The zero-order valence-corrected chi connectivity index (χ0v) is 11.2. The van der Waals surface area contributed by atoms with Crippen LogP contribution in [0.4, 0.5) is 0 Å². The summed E-state index contributed by atoms with van der Waals surface area (Å²) in [7, 11) is 1.27. The highest BCUT2D eigenvalue weighted by Gasteiger charge is 2.27. The summed E-state index contributed by atoms with van der Waals surface area (Å²) in [6, 6.07) is 1.99. The Morgan fingerprint density at radius 1 is 1.56 bits per heavy atom. The first-order valence-corrected chi connectivity index (χ1v) is 6.73. The third-order valence-corrected chi connectivity index (χ3v) is 4.30. The summed E-state index contributed by atoms with van der Waals surface area (Å²) < 4.78 is 7.17. The average Bonchev–Trinajstić information content (AvgIpc) is 3.11. The molecular weight excluding hydrogens is 274 g/mol. The number of carbonyl (C=O) groups is 1. The Morgan fingerprint density at radius 3 is 2.89 bits per heavy atom. The van der Waals surface area contributed by atoms with Crippen LogP contribution in [0.15, 0.2) is 17.1 Å². The van der Waals surface area contributed by atoms with E-state index in [0.717, 1.165) is 17.7 Å². The first-order chi connectivity index (χ1) is 8.61. The monoisotopic (exact) mass is 283 g/mol. The van der Waals surface area contributed by atoms with E-state index >= 15 is 0 Å². The molecule has 1 fully saturated rings. The SMILES string of the molecule is COC(=O)c1cn(C2CC2)c2sc(Cl)cc2c1=O. The van der Waals surface area contributed by atoms with Crippen molar-refractivity contribution in [1.29, 1.82) is 0 Å². The molecular formula is C12H10ClNO3S. The first kappa shape index (κ1) is 11.7. The molecule has 0 aromatic carbocycles. The summed E-state index contributed by atoms with van der Waals surface area (Å²) in [5, 5.41) is 0.500. The van der Waals surface area contributed by atoms with Crippen molar-refractivity contribution in [2.45, 2.75) is 18.9 Å². The van der Waals surface area contributed by atoms with Crippen LogP contribution in [0, 0.1) is 0 Å². The van der Waals surface area contributed by atoms with Crippen molar-refractivity contribution in [2.75, 3.05) is 7.11 Å². The van der Waals surface area contributed by atoms with Gasteiger partial charge < -0.3 is 9.30 Å². The molecule has 0 spiro atoms. The van der Waals surface area contributed by atoms with Crippen LogP contribution < -0.4 is 5.43 Å². The molecule has 18 heavy (non-hydrogen) atoms. The molecule has 0 unspecified atom stereocenters. The van der Waals surface area contributed by atoms with Crippen LogP contribution in [-0.4, -0.2) is 17.6 Å². The highest BCUT2D eigenvalue weighted by molar-refractivity contribution is 7.22. The molecule has 0 saturated heterocycles. The third kappa shape index (κ3) is 1.74. The Morgan fingerprint density at radius 2 is 2.28 bits per heavy atom. The van der Waals surface area contributed by atoms with Crippen molar-refractivity contribution in [3.8, 4) is 0 Å². The maximum atomic E-state index is 12.2. The molecule has 4 nitrogen and oxygen atoms in total. The molecule has 0 aliphatic heterocycles. The molecule has 3 rings (SSSR count). The zero-order chi connectivity index (χ0) is 12.9. The van der Waals surface area contributed by atoms with Crippen LogP contribution >= 0.6 is 22.9 Å². The van der Waals surface area contributed by atoms with Gasteiger partial charge in [0.05, 0.1) is 16.8 Å². The number of methoxy groups -OCH3 is 1. The fourth-order valence-corrected chi connectivity index (χ4v) is 3.25. The fourth-order valence-electron chi connectivity index (χ4n) is 1.99. The van der Waals surface area contributed by atoms with Crippen LogP contribution in [0.5, 0.6) is 0 Å². The maximum absolute atomic E-state index is 12.2. The summed E-state index contributed by atoms with van der Waals surface area (Å²) in [5.74, 6) is -0.598. The lowest BCUT2D eigenvalue weighted by Gasteiger charge is -2.08. The second-order valence-corrected chi connectivity index (χ2v) is 5.93. The van der Waals surface area contributed by atoms with Gasteiger partial charge in [0.25, 0.3) is 0 Å². The van der Waals surface area contributed by atoms with Crippen molar-refractivity contribution < 1.29 is 9.53 Å². The molecule has 94 valence electrons. The number of ether oxygens (including phenoxy) is 1. The summed E-state index contributed by atoms with van der Waals surface area (Å²) in [5.41, 5.74) is -0.233. The predicted molar refractivity (Wildman–Crippen MR) is 70.7 cm³/mol. The molecule has 0 bridgehead atoms. The van der Waals surface area contributed by atoms with E-state index in [9.17, 15) is 9.59 Å². The fraction of sp³-hybridized carbons (Fsp3) is 0.333. The third-order valence-electron chi connectivity index (χ3n) is 3.02. The van der Waals surface area contributed by atoms with E-state index in [1.807, 2.05) is 4.57 Å². The maximum Gasteiger partial charge on any atom is 0.343 e. The van der Waals surface area contributed by atoms with E-state index in [2.05, 4.69) is 4.74 Å². The van der Waals surface area contributed by atoms with E-state index in [4.69, 9.17) is 11.6 Å². The first-order valence-electron chi connectivity index (χ1n) is 5.54. The van der Waals surface area contributed by atoms with Gasteiger partial charge in [0, 0.05) is 12.2 Å². The smallest absolute Gasteiger partial charge is 0.343 e. The molecule has 6 heteroatoms. The van der Waals surface area contributed by atoms with E-state index in [1.54, 1.807) is 12.3 Å². The number of aromatic nitrogens is 1. The Kier molecular flexibility index (Phi) is 2.68. The Balaban J connectivity index is 2.35. The van der Waals surface area contributed by atoms with Crippen molar-refractivity contribution >= 4 is 39.1 Å². The van der Waals surface area contributed by atoms with Crippen molar-refractivity contribution in [3.05, 3.63) is 32.4 Å². The minimum Gasteiger partial charge on any atom is -0.465 e. The van der Waals surface area contributed by atoms with Crippen molar-refractivity contribution in [3.63, 3.8) is 0 Å². The molecule has 2 heterocycles. The van der Waals surface area contributed by atoms with Crippen LogP contribution in [-0.2, 0) is 4.74 Å². The Bertz CT molecular complexity index is 699. The van der Waals surface area contributed by atoms with E-state index in [0.29, 0.717) is 15.8 Å². The zero-order valence-electron chi connectivity index (χ0n) is 9.60. The lowest BCUT2D eigenvalue weighted by Crippen LogP contribution is -2.18. The van der Waals surface area contributed by atoms with Gasteiger partial charge in [-0.3, -0.25) is 4.79 Å². The number of fused-ring (bicyclic) bond motifs is 1. The van der Waals surface area contributed by atoms with E-state index < -0.39 is 5.97 Å². The molecule has 0 radical (unpaired) electrons. The van der Waals surface area contributed by atoms with Gasteiger partial charge in [-0.05, 0) is 18.9 Å². The second kappa shape index (κ2) is 4.10. The van der Waals surface area contributed by atoms with Gasteiger partial charge in [-0.15, -0.1) is 11.3 Å². The predicted octanol–water partition coefficient (Wildman–Crippen LogP) is 2.84.